The molecule has 0 atom stereocenters. The molecule has 0 spiro atoms. The van der Waals surface area contributed by atoms with Crippen molar-refractivity contribution in [3.05, 3.63) is 59.7 Å². The Morgan fingerprint density at radius 2 is 2.05 bits per heavy atom. The molecule has 22 heavy (non-hydrogen) atoms. The van der Waals surface area contributed by atoms with Crippen molar-refractivity contribution in [1.82, 2.24) is 9.38 Å². The van der Waals surface area contributed by atoms with E-state index < -0.39 is 5.97 Å². The second kappa shape index (κ2) is 5.40. The molecule has 0 aliphatic rings. The minimum absolute atomic E-state index is 0.1000. The molecule has 2 aromatic heterocycles. The van der Waals surface area contributed by atoms with Crippen LogP contribution in [-0.2, 0) is 6.61 Å². The summed E-state index contributed by atoms with van der Waals surface area (Å²) in [5, 5.41) is 19.1. The van der Waals surface area contributed by atoms with Crippen molar-refractivity contribution in [3.63, 3.8) is 0 Å². The molecule has 3 aromatic rings. The molecule has 0 radical (unpaired) electrons. The molecule has 0 unspecified atom stereocenters. The first kappa shape index (κ1) is 13.9. The number of hydrogen-bond acceptors (Lipinski definition) is 4. The van der Waals surface area contributed by atoms with Crippen LogP contribution >= 0.6 is 0 Å². The average molecular weight is 298 g/mol. The fourth-order valence-electron chi connectivity index (χ4n) is 2.30. The number of ether oxygens (including phenoxy) is 1. The molecule has 0 amide bonds. The highest BCUT2D eigenvalue weighted by Gasteiger charge is 2.19. The Bertz CT molecular complexity index is 854. The smallest absolute Gasteiger partial charge is 0.356 e. The van der Waals surface area contributed by atoms with Crippen molar-refractivity contribution in [3.8, 4) is 11.5 Å². The summed E-state index contributed by atoms with van der Waals surface area (Å²) in [5.41, 5.74) is 0.949. The van der Waals surface area contributed by atoms with Gasteiger partial charge in [-0.3, -0.25) is 4.40 Å². The van der Waals surface area contributed by atoms with Crippen molar-refractivity contribution in [1.29, 1.82) is 0 Å². The molecule has 2 N–H and O–H groups in total. The van der Waals surface area contributed by atoms with Gasteiger partial charge in [-0.05, 0) is 30.7 Å². The highest BCUT2D eigenvalue weighted by Crippen LogP contribution is 2.24. The number of fused-ring (bicyclic) bond motifs is 1. The number of carboxylic acids is 1. The lowest BCUT2D eigenvalue weighted by Crippen LogP contribution is -2.02. The van der Waals surface area contributed by atoms with Gasteiger partial charge in [0.15, 0.2) is 11.5 Å². The van der Waals surface area contributed by atoms with Crippen LogP contribution < -0.4 is 4.74 Å². The van der Waals surface area contributed by atoms with Crippen molar-refractivity contribution in [2.45, 2.75) is 13.5 Å². The Balaban J connectivity index is 2.00. The van der Waals surface area contributed by atoms with E-state index in [-0.39, 0.29) is 23.6 Å². The molecule has 0 saturated carbocycles. The molecule has 1 aromatic carbocycles. The van der Waals surface area contributed by atoms with Gasteiger partial charge in [0.2, 0.25) is 0 Å². The molecule has 0 aliphatic heterocycles. The van der Waals surface area contributed by atoms with E-state index in [4.69, 9.17) is 4.74 Å². The Morgan fingerprint density at radius 3 is 2.77 bits per heavy atom. The van der Waals surface area contributed by atoms with Gasteiger partial charge in [-0.2, -0.15) is 0 Å². The number of aromatic hydroxyl groups is 1. The van der Waals surface area contributed by atoms with E-state index in [0.29, 0.717) is 11.6 Å². The first-order valence-electron chi connectivity index (χ1n) is 6.68. The number of aryl methyl sites for hydroxylation is 1. The van der Waals surface area contributed by atoms with Crippen LogP contribution in [0.25, 0.3) is 5.52 Å². The van der Waals surface area contributed by atoms with E-state index in [1.165, 1.54) is 10.5 Å². The number of aromatic carboxylic acids is 1. The Kier molecular flexibility index (Phi) is 3.42. The SMILES string of the molecule is Cc1ccccc1OCc1nc(C(=O)O)c2c(O)cccn12. The number of carboxylic acid groups (broad SMARTS) is 1. The van der Waals surface area contributed by atoms with Crippen molar-refractivity contribution in [2.24, 2.45) is 0 Å². The summed E-state index contributed by atoms with van der Waals surface area (Å²) in [6, 6.07) is 10.6. The number of para-hydroxylation sites is 1. The highest BCUT2D eigenvalue weighted by atomic mass is 16.5. The van der Waals surface area contributed by atoms with Crippen LogP contribution in [0.15, 0.2) is 42.6 Å². The summed E-state index contributed by atoms with van der Waals surface area (Å²) < 4.78 is 7.23. The predicted octanol–water partition coefficient (Wildman–Crippen LogP) is 2.63. The molecule has 0 fully saturated rings. The lowest BCUT2D eigenvalue weighted by Gasteiger charge is -2.08. The van der Waals surface area contributed by atoms with E-state index in [0.717, 1.165) is 5.56 Å². The maximum Gasteiger partial charge on any atom is 0.356 e. The number of benzene rings is 1. The number of aromatic nitrogens is 2. The van der Waals surface area contributed by atoms with Crippen molar-refractivity contribution < 1.29 is 19.7 Å². The zero-order chi connectivity index (χ0) is 15.7. The van der Waals surface area contributed by atoms with Gasteiger partial charge >= 0.3 is 5.97 Å². The summed E-state index contributed by atoms with van der Waals surface area (Å²) >= 11 is 0. The number of nitrogens with zero attached hydrogens (tertiary/aromatic N) is 2. The third-order valence-corrected chi connectivity index (χ3v) is 3.37. The molecule has 0 saturated heterocycles. The monoisotopic (exact) mass is 298 g/mol. The second-order valence-corrected chi connectivity index (χ2v) is 4.85. The molecule has 3 rings (SSSR count). The van der Waals surface area contributed by atoms with Crippen LogP contribution in [0, 0.1) is 6.92 Å². The molecule has 0 bridgehead atoms. The molecule has 6 heteroatoms. The third-order valence-electron chi connectivity index (χ3n) is 3.37. The van der Waals surface area contributed by atoms with E-state index in [1.54, 1.807) is 12.3 Å². The van der Waals surface area contributed by atoms with Crippen LogP contribution in [0.1, 0.15) is 21.9 Å². The summed E-state index contributed by atoms with van der Waals surface area (Å²) in [7, 11) is 0. The van der Waals surface area contributed by atoms with Gasteiger partial charge in [0.1, 0.15) is 23.6 Å². The lowest BCUT2D eigenvalue weighted by molar-refractivity contribution is 0.0692. The van der Waals surface area contributed by atoms with E-state index in [1.807, 2.05) is 31.2 Å². The molecule has 2 heterocycles. The molecular weight excluding hydrogens is 284 g/mol. The number of imidazole rings is 1. The standard InChI is InChI=1S/C16H14N2O4/c1-10-5-2-3-7-12(10)22-9-13-17-14(16(20)21)15-11(19)6-4-8-18(13)15/h2-8,19H,9H2,1H3,(H,20,21). The number of pyridine rings is 1. The van der Waals surface area contributed by atoms with Crippen LogP contribution in [0.3, 0.4) is 0 Å². The van der Waals surface area contributed by atoms with Crippen molar-refractivity contribution >= 4 is 11.5 Å². The Labute approximate surface area is 126 Å². The highest BCUT2D eigenvalue weighted by molar-refractivity contribution is 5.95. The molecule has 6 nitrogen and oxygen atoms in total. The van der Waals surface area contributed by atoms with E-state index in [2.05, 4.69) is 4.98 Å². The zero-order valence-electron chi connectivity index (χ0n) is 11.9. The minimum Gasteiger partial charge on any atom is -0.506 e. The minimum atomic E-state index is -1.19. The maximum absolute atomic E-state index is 11.3. The third kappa shape index (κ3) is 2.35. The fourth-order valence-corrected chi connectivity index (χ4v) is 2.30. The van der Waals surface area contributed by atoms with Crippen LogP contribution in [-0.4, -0.2) is 25.6 Å². The second-order valence-electron chi connectivity index (χ2n) is 4.85. The number of hydrogen-bond donors (Lipinski definition) is 2. The topological polar surface area (TPSA) is 84.1 Å². The summed E-state index contributed by atoms with van der Waals surface area (Å²) in [6.45, 7) is 2.02. The van der Waals surface area contributed by atoms with Crippen LogP contribution in [0.4, 0.5) is 0 Å². The van der Waals surface area contributed by atoms with Gasteiger partial charge in [-0.25, -0.2) is 9.78 Å². The van der Waals surface area contributed by atoms with Crippen LogP contribution in [0.5, 0.6) is 11.5 Å². The normalized spacial score (nSPS) is 10.8. The first-order chi connectivity index (χ1) is 10.6. The average Bonchev–Trinajstić information content (AvgIpc) is 2.87. The Morgan fingerprint density at radius 1 is 1.27 bits per heavy atom. The van der Waals surface area contributed by atoms with E-state index >= 15 is 0 Å². The largest absolute Gasteiger partial charge is 0.506 e. The maximum atomic E-state index is 11.3. The summed E-state index contributed by atoms with van der Waals surface area (Å²) in [4.78, 5) is 15.4. The van der Waals surface area contributed by atoms with Gasteiger partial charge in [-0.1, -0.05) is 18.2 Å². The summed E-state index contributed by atoms with van der Waals surface area (Å²) in [6.07, 6.45) is 1.64. The van der Waals surface area contributed by atoms with Gasteiger partial charge in [-0.15, -0.1) is 0 Å². The summed E-state index contributed by atoms with van der Waals surface area (Å²) in [5.74, 6) is -0.210. The van der Waals surface area contributed by atoms with Gasteiger partial charge < -0.3 is 14.9 Å². The first-order valence-corrected chi connectivity index (χ1v) is 6.68. The quantitative estimate of drug-likeness (QED) is 0.773. The molecular formula is C16H14N2O4. The van der Waals surface area contributed by atoms with Gasteiger partial charge in [0, 0.05) is 6.20 Å². The predicted molar refractivity (Wildman–Crippen MR) is 79.3 cm³/mol. The number of rotatable bonds is 4. The van der Waals surface area contributed by atoms with E-state index in [9.17, 15) is 15.0 Å². The number of carbonyl (C=O) groups is 1. The van der Waals surface area contributed by atoms with Gasteiger partial charge in [0.05, 0.1) is 0 Å². The fraction of sp³-hybridized carbons (Fsp3) is 0.125. The molecule has 112 valence electrons. The van der Waals surface area contributed by atoms with Crippen LogP contribution in [0.2, 0.25) is 0 Å². The Hall–Kier alpha value is -3.02. The zero-order valence-corrected chi connectivity index (χ0v) is 11.9. The van der Waals surface area contributed by atoms with Gasteiger partial charge in [0.25, 0.3) is 0 Å². The lowest BCUT2D eigenvalue weighted by atomic mass is 10.2. The molecule has 0 aliphatic carbocycles. The van der Waals surface area contributed by atoms with Crippen molar-refractivity contribution in [2.75, 3.05) is 0 Å².